The predicted octanol–water partition coefficient (Wildman–Crippen LogP) is 1.62. The van der Waals surface area contributed by atoms with Crippen LogP contribution in [-0.4, -0.2) is 54.1 Å². The Hall–Kier alpha value is -2.90. The van der Waals surface area contributed by atoms with Crippen molar-refractivity contribution in [3.8, 4) is 0 Å². The fourth-order valence-electron chi connectivity index (χ4n) is 4.11. The molecule has 2 aliphatic heterocycles. The average molecular weight is 386 g/mol. The van der Waals surface area contributed by atoms with Gasteiger partial charge in [-0.1, -0.05) is 12.1 Å². The third kappa shape index (κ3) is 2.75. The van der Waals surface area contributed by atoms with Gasteiger partial charge in [-0.2, -0.15) is 0 Å². The molecule has 148 valence electrons. The van der Waals surface area contributed by atoms with Gasteiger partial charge in [-0.15, -0.1) is 0 Å². The van der Waals surface area contributed by atoms with E-state index in [-0.39, 0.29) is 49.7 Å². The smallest absolute Gasteiger partial charge is 0.353 e. The van der Waals surface area contributed by atoms with Gasteiger partial charge in [-0.25, -0.2) is 4.79 Å². The van der Waals surface area contributed by atoms with Gasteiger partial charge >= 0.3 is 11.9 Å². The fourth-order valence-corrected chi connectivity index (χ4v) is 4.11. The first kappa shape index (κ1) is 18.5. The van der Waals surface area contributed by atoms with E-state index >= 15 is 0 Å². The lowest BCUT2D eigenvalue weighted by molar-refractivity contribution is -0.158. The summed E-state index contributed by atoms with van der Waals surface area (Å²) in [4.78, 5) is 53.5. The molecule has 1 aromatic carbocycles. The molecule has 1 aliphatic carbocycles. The van der Waals surface area contributed by atoms with E-state index in [1.54, 1.807) is 29.2 Å². The van der Waals surface area contributed by atoms with Crippen molar-refractivity contribution in [3.05, 3.63) is 29.8 Å². The Morgan fingerprint density at radius 2 is 1.96 bits per heavy atom. The van der Waals surface area contributed by atoms with E-state index in [0.717, 1.165) is 12.8 Å². The second-order valence-electron chi connectivity index (χ2n) is 7.28. The lowest BCUT2D eigenvalue weighted by atomic mass is 9.96. The van der Waals surface area contributed by atoms with Crippen LogP contribution in [0.2, 0.25) is 0 Å². The zero-order valence-electron chi connectivity index (χ0n) is 15.7. The monoisotopic (exact) mass is 386 g/mol. The number of esters is 2. The van der Waals surface area contributed by atoms with Gasteiger partial charge in [0, 0.05) is 25.3 Å². The summed E-state index contributed by atoms with van der Waals surface area (Å²) in [7, 11) is 1.30. The quantitative estimate of drug-likeness (QED) is 0.545. The molecule has 3 aliphatic rings. The van der Waals surface area contributed by atoms with Crippen LogP contribution in [0, 0.1) is 0 Å². The van der Waals surface area contributed by atoms with Crippen molar-refractivity contribution in [2.45, 2.75) is 50.2 Å². The molecule has 1 saturated carbocycles. The molecule has 2 heterocycles. The molecule has 0 aromatic heterocycles. The van der Waals surface area contributed by atoms with Crippen LogP contribution < -0.4 is 4.90 Å². The number of amides is 2. The lowest BCUT2D eigenvalue weighted by Crippen LogP contribution is -2.69. The number of rotatable bonds is 6. The van der Waals surface area contributed by atoms with Crippen molar-refractivity contribution in [1.29, 1.82) is 0 Å². The van der Waals surface area contributed by atoms with Crippen molar-refractivity contribution >= 4 is 29.4 Å². The summed E-state index contributed by atoms with van der Waals surface area (Å²) < 4.78 is 10.0. The fraction of sp³-hybridized carbons (Fsp3) is 0.500. The Labute approximate surface area is 162 Å². The summed E-state index contributed by atoms with van der Waals surface area (Å²) in [5.74, 6) is -1.43. The molecule has 1 saturated heterocycles. The molecule has 4 rings (SSSR count). The Morgan fingerprint density at radius 1 is 1.21 bits per heavy atom. The maximum absolute atomic E-state index is 13.2. The summed E-state index contributed by atoms with van der Waals surface area (Å²) in [6.45, 7) is 0.0199. The molecular formula is C20H22N2O6. The van der Waals surface area contributed by atoms with Gasteiger partial charge in [-0.3, -0.25) is 19.3 Å². The first-order valence-electron chi connectivity index (χ1n) is 9.50. The summed E-state index contributed by atoms with van der Waals surface area (Å²) in [5, 5.41) is 0. The van der Waals surface area contributed by atoms with E-state index in [9.17, 15) is 19.2 Å². The number of fused-ring (bicyclic) bond motifs is 3. The van der Waals surface area contributed by atoms with Crippen LogP contribution in [0.15, 0.2) is 24.3 Å². The van der Waals surface area contributed by atoms with Crippen LogP contribution in [0.3, 0.4) is 0 Å². The molecule has 2 amide bonds. The molecule has 0 radical (unpaired) electrons. The van der Waals surface area contributed by atoms with Gasteiger partial charge in [-0.05, 0) is 31.4 Å². The van der Waals surface area contributed by atoms with E-state index in [1.807, 2.05) is 0 Å². The molecule has 8 heteroatoms. The van der Waals surface area contributed by atoms with Crippen LogP contribution >= 0.6 is 0 Å². The maximum atomic E-state index is 13.2. The lowest BCUT2D eigenvalue weighted by Gasteiger charge is -2.48. The molecule has 8 nitrogen and oxygen atoms in total. The number of hydrogen-bond acceptors (Lipinski definition) is 6. The highest BCUT2D eigenvalue weighted by molar-refractivity contribution is 6.15. The minimum absolute atomic E-state index is 0.0199. The highest BCUT2D eigenvalue weighted by atomic mass is 16.5. The van der Waals surface area contributed by atoms with Crippen molar-refractivity contribution in [2.24, 2.45) is 0 Å². The number of hydrogen-bond donors (Lipinski definition) is 0. The number of ether oxygens (including phenoxy) is 2. The SMILES string of the molecule is COC(=O)CCCOC(=O)C12CCC(=O)N1c1ccccc1C(=O)N2C1CC1. The number of methoxy groups -OCH3 is 1. The standard InChI is InChI=1S/C20H22N2O6/c1-27-17(24)7-4-12-28-19(26)20-11-10-16(23)22(20)15-6-3-2-5-14(15)18(25)21(20)13-8-9-13/h2-3,5-6,13H,4,7-12H2,1H3. The average Bonchev–Trinajstić information content (AvgIpc) is 3.47. The molecule has 1 unspecified atom stereocenters. The molecule has 0 spiro atoms. The van der Waals surface area contributed by atoms with E-state index in [1.165, 1.54) is 12.0 Å². The molecule has 1 aromatic rings. The topological polar surface area (TPSA) is 93.2 Å². The van der Waals surface area contributed by atoms with Gasteiger partial charge in [0.25, 0.3) is 5.91 Å². The first-order valence-corrected chi connectivity index (χ1v) is 9.50. The van der Waals surface area contributed by atoms with Crippen LogP contribution in [0.5, 0.6) is 0 Å². The Kier molecular flexibility index (Phi) is 4.56. The van der Waals surface area contributed by atoms with Gasteiger partial charge < -0.3 is 14.4 Å². The van der Waals surface area contributed by atoms with E-state index in [2.05, 4.69) is 4.74 Å². The summed E-state index contributed by atoms with van der Waals surface area (Å²) in [6.07, 6.45) is 2.42. The number of carbonyl (C=O) groups is 4. The normalized spacial score (nSPS) is 23.3. The highest BCUT2D eigenvalue weighted by Gasteiger charge is 2.64. The second-order valence-corrected chi connectivity index (χ2v) is 7.28. The van der Waals surface area contributed by atoms with Gasteiger partial charge in [0.05, 0.1) is 25.0 Å². The minimum atomic E-state index is -1.44. The highest BCUT2D eigenvalue weighted by Crippen LogP contribution is 2.49. The van der Waals surface area contributed by atoms with E-state index in [0.29, 0.717) is 17.7 Å². The summed E-state index contributed by atoms with van der Waals surface area (Å²) in [5.41, 5.74) is -0.549. The van der Waals surface area contributed by atoms with Crippen LogP contribution in [0.4, 0.5) is 5.69 Å². The number of para-hydroxylation sites is 1. The number of anilines is 1. The molecule has 28 heavy (non-hydrogen) atoms. The van der Waals surface area contributed by atoms with E-state index < -0.39 is 11.6 Å². The molecule has 1 atom stereocenters. The maximum Gasteiger partial charge on any atom is 0.353 e. The first-order chi connectivity index (χ1) is 13.5. The molecule has 0 bridgehead atoms. The number of nitrogens with zero attached hydrogens (tertiary/aromatic N) is 2. The van der Waals surface area contributed by atoms with Crippen LogP contribution in [0.1, 0.15) is 48.9 Å². The molecule has 2 fully saturated rings. The van der Waals surface area contributed by atoms with Gasteiger partial charge in [0.1, 0.15) is 0 Å². The third-order valence-corrected chi connectivity index (χ3v) is 5.52. The predicted molar refractivity (Wildman–Crippen MR) is 97.3 cm³/mol. The Bertz CT molecular complexity index is 849. The van der Waals surface area contributed by atoms with Crippen molar-refractivity contribution < 1.29 is 28.7 Å². The van der Waals surface area contributed by atoms with Crippen molar-refractivity contribution in [2.75, 3.05) is 18.6 Å². The van der Waals surface area contributed by atoms with Gasteiger partial charge in [0.15, 0.2) is 0 Å². The van der Waals surface area contributed by atoms with Crippen LogP contribution in [-0.2, 0) is 23.9 Å². The zero-order chi connectivity index (χ0) is 19.9. The molecular weight excluding hydrogens is 364 g/mol. The summed E-state index contributed by atoms with van der Waals surface area (Å²) >= 11 is 0. The van der Waals surface area contributed by atoms with Crippen molar-refractivity contribution in [1.82, 2.24) is 4.90 Å². The second kappa shape index (κ2) is 6.92. The number of benzene rings is 1. The minimum Gasteiger partial charge on any atom is -0.469 e. The largest absolute Gasteiger partial charge is 0.469 e. The Morgan fingerprint density at radius 3 is 2.68 bits per heavy atom. The van der Waals surface area contributed by atoms with Gasteiger partial charge in [0.2, 0.25) is 11.6 Å². The Balaban J connectivity index is 1.66. The summed E-state index contributed by atoms with van der Waals surface area (Å²) in [6, 6.07) is 6.80. The van der Waals surface area contributed by atoms with Crippen LogP contribution in [0.25, 0.3) is 0 Å². The number of carbonyl (C=O) groups excluding carboxylic acids is 4. The molecule has 0 N–H and O–H groups in total. The zero-order valence-corrected chi connectivity index (χ0v) is 15.7. The van der Waals surface area contributed by atoms with E-state index in [4.69, 9.17) is 4.74 Å². The van der Waals surface area contributed by atoms with Crippen molar-refractivity contribution in [3.63, 3.8) is 0 Å². The third-order valence-electron chi connectivity index (χ3n) is 5.52.